The first kappa shape index (κ1) is 19.1. The summed E-state index contributed by atoms with van der Waals surface area (Å²) in [5.41, 5.74) is 6.22. The van der Waals surface area contributed by atoms with Gasteiger partial charge >= 0.3 is 0 Å². The van der Waals surface area contributed by atoms with E-state index in [1.54, 1.807) is 19.1 Å². The smallest absolute Gasteiger partial charge is 0.249 e. The average Bonchev–Trinajstić information content (AvgIpc) is 3.23. The van der Waals surface area contributed by atoms with Gasteiger partial charge in [0.15, 0.2) is 5.76 Å². The van der Waals surface area contributed by atoms with E-state index in [1.807, 2.05) is 0 Å². The summed E-state index contributed by atoms with van der Waals surface area (Å²) in [4.78, 5) is 23.8. The SMILES string of the molecule is Cc1noc(C)c1S(=O)(=O)N1CCCC1C(=O)Nc1ccc(C(N)=O)cc1. The van der Waals surface area contributed by atoms with Gasteiger partial charge < -0.3 is 15.6 Å². The van der Waals surface area contributed by atoms with E-state index in [4.69, 9.17) is 10.3 Å². The number of hydrogen-bond donors (Lipinski definition) is 2. The van der Waals surface area contributed by atoms with Gasteiger partial charge in [-0.15, -0.1) is 0 Å². The normalized spacial score (nSPS) is 17.8. The van der Waals surface area contributed by atoms with E-state index in [-0.39, 0.29) is 22.9 Å². The molecule has 1 unspecified atom stereocenters. The van der Waals surface area contributed by atoms with Crippen molar-refractivity contribution < 1.29 is 22.5 Å². The molecule has 1 aromatic heterocycles. The van der Waals surface area contributed by atoms with E-state index in [1.165, 1.54) is 23.4 Å². The van der Waals surface area contributed by atoms with Crippen LogP contribution in [0.15, 0.2) is 33.7 Å². The van der Waals surface area contributed by atoms with Gasteiger partial charge in [-0.25, -0.2) is 8.42 Å². The molecule has 2 amide bonds. The third-order valence-corrected chi connectivity index (χ3v) is 6.63. The second-order valence-electron chi connectivity index (χ2n) is 6.36. The van der Waals surface area contributed by atoms with Crippen LogP contribution in [0.25, 0.3) is 0 Å². The number of amides is 2. The fourth-order valence-corrected chi connectivity index (χ4v) is 5.14. The Morgan fingerprint density at radius 1 is 1.26 bits per heavy atom. The number of rotatable bonds is 5. The largest absolute Gasteiger partial charge is 0.366 e. The van der Waals surface area contributed by atoms with Crippen LogP contribution in [0.4, 0.5) is 5.69 Å². The van der Waals surface area contributed by atoms with E-state index >= 15 is 0 Å². The Morgan fingerprint density at radius 2 is 1.93 bits per heavy atom. The van der Waals surface area contributed by atoms with Crippen molar-refractivity contribution >= 4 is 27.5 Å². The fourth-order valence-electron chi connectivity index (χ4n) is 3.19. The third-order valence-electron chi connectivity index (χ3n) is 4.48. The van der Waals surface area contributed by atoms with Crippen LogP contribution in [-0.4, -0.2) is 42.3 Å². The summed E-state index contributed by atoms with van der Waals surface area (Å²) in [5.74, 6) is -0.810. The molecule has 10 heteroatoms. The molecule has 2 heterocycles. The first-order chi connectivity index (χ1) is 12.7. The van der Waals surface area contributed by atoms with Gasteiger partial charge in [-0.3, -0.25) is 9.59 Å². The lowest BCUT2D eigenvalue weighted by Gasteiger charge is -2.23. The Hall–Kier alpha value is -2.72. The van der Waals surface area contributed by atoms with Crippen LogP contribution in [-0.2, 0) is 14.8 Å². The quantitative estimate of drug-likeness (QED) is 0.784. The minimum atomic E-state index is -3.91. The molecule has 1 aliphatic rings. The van der Waals surface area contributed by atoms with E-state index in [2.05, 4.69) is 10.5 Å². The summed E-state index contributed by atoms with van der Waals surface area (Å²) in [6.45, 7) is 3.32. The lowest BCUT2D eigenvalue weighted by atomic mass is 10.2. The average molecular weight is 392 g/mol. The molecule has 1 atom stereocenters. The maximum Gasteiger partial charge on any atom is 0.249 e. The Kier molecular flexibility index (Phi) is 5.03. The Bertz CT molecular complexity index is 962. The summed E-state index contributed by atoms with van der Waals surface area (Å²) in [5, 5.41) is 6.39. The minimum absolute atomic E-state index is 0.00742. The van der Waals surface area contributed by atoms with Crippen molar-refractivity contribution in [2.24, 2.45) is 5.73 Å². The number of nitrogens with one attached hydrogen (secondary N) is 1. The molecule has 0 radical (unpaired) electrons. The molecule has 27 heavy (non-hydrogen) atoms. The van der Waals surface area contributed by atoms with Gasteiger partial charge in [0.2, 0.25) is 21.8 Å². The van der Waals surface area contributed by atoms with Crippen molar-refractivity contribution in [3.8, 4) is 0 Å². The van der Waals surface area contributed by atoms with Gasteiger partial charge in [0.1, 0.15) is 16.6 Å². The van der Waals surface area contributed by atoms with E-state index in [9.17, 15) is 18.0 Å². The summed E-state index contributed by atoms with van der Waals surface area (Å²) < 4.78 is 32.2. The number of anilines is 1. The molecule has 144 valence electrons. The summed E-state index contributed by atoms with van der Waals surface area (Å²) >= 11 is 0. The first-order valence-corrected chi connectivity index (χ1v) is 9.81. The third kappa shape index (κ3) is 3.58. The van der Waals surface area contributed by atoms with Crippen molar-refractivity contribution in [2.75, 3.05) is 11.9 Å². The second-order valence-corrected chi connectivity index (χ2v) is 8.19. The van der Waals surface area contributed by atoms with Crippen molar-refractivity contribution in [1.82, 2.24) is 9.46 Å². The van der Waals surface area contributed by atoms with Crippen molar-refractivity contribution in [2.45, 2.75) is 37.6 Å². The molecule has 0 saturated carbocycles. The highest BCUT2D eigenvalue weighted by Gasteiger charge is 2.41. The number of primary amides is 1. The van der Waals surface area contributed by atoms with Crippen molar-refractivity contribution in [3.05, 3.63) is 41.3 Å². The fraction of sp³-hybridized carbons (Fsp3) is 0.353. The molecule has 3 N–H and O–H groups in total. The molecule has 1 aromatic carbocycles. The molecule has 3 rings (SSSR count). The standard InChI is InChI=1S/C17H20N4O5S/c1-10-15(11(2)26-20-10)27(24,25)21-9-3-4-14(21)17(23)19-13-7-5-12(6-8-13)16(18)22/h5-8,14H,3-4,9H2,1-2H3,(H2,18,22)(H,19,23). The van der Waals surface area contributed by atoms with Gasteiger partial charge in [0, 0.05) is 17.8 Å². The first-order valence-electron chi connectivity index (χ1n) is 8.37. The lowest BCUT2D eigenvalue weighted by Crippen LogP contribution is -2.43. The molecule has 0 aliphatic carbocycles. The van der Waals surface area contributed by atoms with Gasteiger partial charge in [0.05, 0.1) is 0 Å². The highest BCUT2D eigenvalue weighted by molar-refractivity contribution is 7.89. The number of aromatic nitrogens is 1. The van der Waals surface area contributed by atoms with Crippen LogP contribution in [0, 0.1) is 13.8 Å². The van der Waals surface area contributed by atoms with Crippen LogP contribution in [0.3, 0.4) is 0 Å². The minimum Gasteiger partial charge on any atom is -0.366 e. The summed E-state index contributed by atoms with van der Waals surface area (Å²) in [6.07, 6.45) is 0.981. The van der Waals surface area contributed by atoms with Crippen molar-refractivity contribution in [1.29, 1.82) is 0 Å². The zero-order valence-corrected chi connectivity index (χ0v) is 15.7. The predicted octanol–water partition coefficient (Wildman–Crippen LogP) is 1.18. The highest BCUT2D eigenvalue weighted by atomic mass is 32.2. The lowest BCUT2D eigenvalue weighted by molar-refractivity contribution is -0.119. The Morgan fingerprint density at radius 3 is 2.48 bits per heavy atom. The number of aryl methyl sites for hydroxylation is 2. The van der Waals surface area contributed by atoms with Gasteiger partial charge in [-0.2, -0.15) is 4.31 Å². The van der Waals surface area contributed by atoms with E-state index in [0.29, 0.717) is 24.1 Å². The van der Waals surface area contributed by atoms with Crippen LogP contribution < -0.4 is 11.1 Å². The van der Waals surface area contributed by atoms with Gasteiger partial charge in [-0.05, 0) is 51.0 Å². The Labute approximate surface area is 156 Å². The second kappa shape index (κ2) is 7.12. The van der Waals surface area contributed by atoms with E-state index < -0.39 is 27.9 Å². The Balaban J connectivity index is 1.81. The van der Waals surface area contributed by atoms with E-state index in [0.717, 1.165) is 0 Å². The van der Waals surface area contributed by atoms with Crippen LogP contribution in [0.1, 0.15) is 34.7 Å². The predicted molar refractivity (Wildman–Crippen MR) is 96.5 cm³/mol. The molecule has 1 aliphatic heterocycles. The number of sulfonamides is 1. The number of nitrogens with zero attached hydrogens (tertiary/aromatic N) is 2. The van der Waals surface area contributed by atoms with Crippen LogP contribution in [0.5, 0.6) is 0 Å². The van der Waals surface area contributed by atoms with Crippen LogP contribution >= 0.6 is 0 Å². The molecular weight excluding hydrogens is 372 g/mol. The number of hydrogen-bond acceptors (Lipinski definition) is 6. The summed E-state index contributed by atoms with van der Waals surface area (Å²) in [6, 6.07) is 5.23. The molecular formula is C17H20N4O5S. The number of carbonyl (C=O) groups is 2. The number of nitrogens with two attached hydrogens (primary N) is 1. The van der Waals surface area contributed by atoms with Crippen molar-refractivity contribution in [3.63, 3.8) is 0 Å². The summed E-state index contributed by atoms with van der Waals surface area (Å²) in [7, 11) is -3.91. The monoisotopic (exact) mass is 392 g/mol. The van der Waals surface area contributed by atoms with Crippen LogP contribution in [0.2, 0.25) is 0 Å². The van der Waals surface area contributed by atoms with Gasteiger partial charge in [0.25, 0.3) is 0 Å². The molecule has 0 spiro atoms. The number of carbonyl (C=O) groups excluding carboxylic acids is 2. The molecule has 9 nitrogen and oxygen atoms in total. The molecule has 1 saturated heterocycles. The maximum absolute atomic E-state index is 13.0. The molecule has 1 fully saturated rings. The molecule has 0 bridgehead atoms. The topological polar surface area (TPSA) is 136 Å². The highest BCUT2D eigenvalue weighted by Crippen LogP contribution is 2.30. The zero-order chi connectivity index (χ0) is 19.8. The van der Waals surface area contributed by atoms with Gasteiger partial charge in [-0.1, -0.05) is 5.16 Å². The maximum atomic E-state index is 13.0. The number of benzene rings is 1. The zero-order valence-electron chi connectivity index (χ0n) is 14.9. The molecule has 2 aromatic rings.